The van der Waals surface area contributed by atoms with E-state index in [1.165, 1.54) is 6.07 Å². The Hall–Kier alpha value is -1.00. The summed E-state index contributed by atoms with van der Waals surface area (Å²) in [7, 11) is 0. The number of halogens is 1. The largest absolute Gasteiger partial charge is 0.389 e. The molecule has 1 atom stereocenters. The lowest BCUT2D eigenvalue weighted by Crippen LogP contribution is -2.32. The van der Waals surface area contributed by atoms with Gasteiger partial charge in [-0.15, -0.1) is 0 Å². The van der Waals surface area contributed by atoms with Crippen molar-refractivity contribution >= 4 is 17.2 Å². The third-order valence-corrected chi connectivity index (χ3v) is 3.48. The molecule has 4 heteroatoms. The number of hydrogen-bond donors (Lipinski definition) is 1. The molecule has 0 aliphatic heterocycles. The predicted octanol–water partition coefficient (Wildman–Crippen LogP) is 3.08. The second-order valence-corrected chi connectivity index (χ2v) is 4.97. The second kappa shape index (κ2) is 6.81. The van der Waals surface area contributed by atoms with E-state index >= 15 is 0 Å². The third kappa shape index (κ3) is 4.03. The van der Waals surface area contributed by atoms with Crippen LogP contribution in [0.1, 0.15) is 38.3 Å². The molecule has 0 saturated carbocycles. The van der Waals surface area contributed by atoms with Crippen molar-refractivity contribution < 1.29 is 4.39 Å². The summed E-state index contributed by atoms with van der Waals surface area (Å²) in [5.41, 5.74) is 7.07. The van der Waals surface area contributed by atoms with E-state index in [0.717, 1.165) is 25.1 Å². The number of rotatable bonds is 6. The number of thiocarbonyl (C=S) groups is 1. The molecule has 0 spiro atoms. The van der Waals surface area contributed by atoms with Gasteiger partial charge in [0.15, 0.2) is 0 Å². The van der Waals surface area contributed by atoms with E-state index in [2.05, 4.69) is 25.7 Å². The molecule has 2 N–H and O–H groups in total. The maximum Gasteiger partial charge on any atom is 0.124 e. The molecule has 0 radical (unpaired) electrons. The van der Waals surface area contributed by atoms with Crippen molar-refractivity contribution in [2.75, 3.05) is 6.54 Å². The lowest BCUT2D eigenvalue weighted by molar-refractivity contribution is 0.206. The molecule has 1 unspecified atom stereocenters. The quantitative estimate of drug-likeness (QED) is 0.804. The van der Waals surface area contributed by atoms with E-state index in [0.29, 0.717) is 11.6 Å². The summed E-state index contributed by atoms with van der Waals surface area (Å²) < 4.78 is 13.5. The summed E-state index contributed by atoms with van der Waals surface area (Å²) in [6.07, 6.45) is 1.07. The van der Waals surface area contributed by atoms with Gasteiger partial charge in [0.1, 0.15) is 10.8 Å². The van der Waals surface area contributed by atoms with Crippen LogP contribution in [0.4, 0.5) is 4.39 Å². The Morgan fingerprint density at radius 2 is 2.06 bits per heavy atom. The molecule has 2 nitrogen and oxygen atoms in total. The van der Waals surface area contributed by atoms with E-state index in [1.807, 2.05) is 6.07 Å². The summed E-state index contributed by atoms with van der Waals surface area (Å²) in [4.78, 5) is 2.54. The molecular formula is C14H21FN2S. The monoisotopic (exact) mass is 268 g/mol. The summed E-state index contributed by atoms with van der Waals surface area (Å²) in [5.74, 6) is -0.282. The third-order valence-electron chi connectivity index (χ3n) is 3.25. The Kier molecular flexibility index (Phi) is 5.69. The van der Waals surface area contributed by atoms with Crippen LogP contribution in [0.25, 0.3) is 0 Å². The average molecular weight is 268 g/mol. The van der Waals surface area contributed by atoms with Crippen molar-refractivity contribution in [2.45, 2.75) is 39.8 Å². The van der Waals surface area contributed by atoms with Gasteiger partial charge in [0.05, 0.1) is 0 Å². The van der Waals surface area contributed by atoms with Gasteiger partial charge in [0.25, 0.3) is 0 Å². The van der Waals surface area contributed by atoms with Crippen molar-refractivity contribution in [2.24, 2.45) is 5.73 Å². The molecule has 0 saturated heterocycles. The molecule has 0 amide bonds. The lowest BCUT2D eigenvalue weighted by Gasteiger charge is -2.27. The number of nitrogens with zero attached hydrogens (tertiary/aromatic N) is 1. The van der Waals surface area contributed by atoms with E-state index in [4.69, 9.17) is 18.0 Å². The van der Waals surface area contributed by atoms with Crippen LogP contribution in [0.2, 0.25) is 0 Å². The molecule has 100 valence electrons. The zero-order valence-electron chi connectivity index (χ0n) is 11.2. The Morgan fingerprint density at radius 3 is 2.56 bits per heavy atom. The topological polar surface area (TPSA) is 29.3 Å². The Morgan fingerprint density at radius 1 is 1.39 bits per heavy atom. The molecular weight excluding hydrogens is 247 g/mol. The Balaban J connectivity index is 2.92. The fourth-order valence-corrected chi connectivity index (χ4v) is 2.07. The van der Waals surface area contributed by atoms with E-state index in [-0.39, 0.29) is 10.8 Å². The highest BCUT2D eigenvalue weighted by Gasteiger charge is 2.12. The molecule has 0 heterocycles. The molecule has 18 heavy (non-hydrogen) atoms. The van der Waals surface area contributed by atoms with Crippen LogP contribution in [0.15, 0.2) is 18.2 Å². The smallest absolute Gasteiger partial charge is 0.124 e. The minimum atomic E-state index is -0.282. The molecule has 0 aliphatic carbocycles. The first-order chi connectivity index (χ1) is 8.47. The fourth-order valence-electron chi connectivity index (χ4n) is 1.96. The van der Waals surface area contributed by atoms with Gasteiger partial charge in [-0.25, -0.2) is 4.39 Å². The molecule has 0 aromatic heterocycles. The van der Waals surface area contributed by atoms with Gasteiger partial charge in [-0.3, -0.25) is 4.90 Å². The maximum atomic E-state index is 13.5. The molecule has 1 aromatic rings. The van der Waals surface area contributed by atoms with Crippen LogP contribution < -0.4 is 5.73 Å². The molecule has 0 aliphatic rings. The first kappa shape index (κ1) is 15.1. The van der Waals surface area contributed by atoms with Crippen molar-refractivity contribution in [3.05, 3.63) is 35.1 Å². The van der Waals surface area contributed by atoms with Gasteiger partial charge < -0.3 is 5.73 Å². The fraction of sp³-hybridized carbons (Fsp3) is 0.500. The zero-order chi connectivity index (χ0) is 13.7. The van der Waals surface area contributed by atoms with Crippen LogP contribution in [0.5, 0.6) is 0 Å². The minimum Gasteiger partial charge on any atom is -0.389 e. The van der Waals surface area contributed by atoms with E-state index in [1.54, 1.807) is 6.07 Å². The molecule has 0 fully saturated rings. The van der Waals surface area contributed by atoms with Crippen LogP contribution in [-0.2, 0) is 6.54 Å². The first-order valence-electron chi connectivity index (χ1n) is 6.31. The number of benzene rings is 1. The highest BCUT2D eigenvalue weighted by atomic mass is 32.1. The average Bonchev–Trinajstić information content (AvgIpc) is 2.34. The highest BCUT2D eigenvalue weighted by Crippen LogP contribution is 2.14. The van der Waals surface area contributed by atoms with Crippen LogP contribution >= 0.6 is 12.2 Å². The van der Waals surface area contributed by atoms with Gasteiger partial charge in [0, 0.05) is 18.2 Å². The minimum absolute atomic E-state index is 0.238. The highest BCUT2D eigenvalue weighted by molar-refractivity contribution is 7.80. The van der Waals surface area contributed by atoms with Crippen molar-refractivity contribution in [1.29, 1.82) is 0 Å². The second-order valence-electron chi connectivity index (χ2n) is 4.53. The lowest BCUT2D eigenvalue weighted by atomic mass is 10.1. The molecule has 0 bridgehead atoms. The maximum absolute atomic E-state index is 13.5. The van der Waals surface area contributed by atoms with Crippen molar-refractivity contribution in [3.63, 3.8) is 0 Å². The summed E-state index contributed by atoms with van der Waals surface area (Å²) in [5, 5.41) is 0. The van der Waals surface area contributed by atoms with Crippen LogP contribution in [0, 0.1) is 5.82 Å². The summed E-state index contributed by atoms with van der Waals surface area (Å²) in [6, 6.07) is 5.28. The predicted molar refractivity (Wildman–Crippen MR) is 78.1 cm³/mol. The van der Waals surface area contributed by atoms with Gasteiger partial charge in [-0.05, 0) is 43.7 Å². The van der Waals surface area contributed by atoms with E-state index in [9.17, 15) is 4.39 Å². The standard InChI is InChI=1S/C14H21FN2S/c1-4-10(3)17(5-2)9-11-6-12(14(16)18)8-13(15)7-11/h6-8,10H,4-5,9H2,1-3H3,(H2,16,18). The van der Waals surface area contributed by atoms with Crippen molar-refractivity contribution in [1.82, 2.24) is 4.90 Å². The molecule has 1 rings (SSSR count). The summed E-state index contributed by atoms with van der Waals surface area (Å²) >= 11 is 4.90. The van der Waals surface area contributed by atoms with Gasteiger partial charge in [0.2, 0.25) is 0 Å². The van der Waals surface area contributed by atoms with Gasteiger partial charge >= 0.3 is 0 Å². The first-order valence-corrected chi connectivity index (χ1v) is 6.72. The zero-order valence-corrected chi connectivity index (χ0v) is 12.1. The normalized spacial score (nSPS) is 12.7. The molecule has 1 aromatic carbocycles. The Labute approximate surface area is 114 Å². The SMILES string of the molecule is CCC(C)N(CC)Cc1cc(F)cc(C(N)=S)c1. The Bertz CT molecular complexity index is 420. The number of hydrogen-bond acceptors (Lipinski definition) is 2. The number of nitrogens with two attached hydrogens (primary N) is 1. The van der Waals surface area contributed by atoms with Gasteiger partial charge in [-0.2, -0.15) is 0 Å². The van der Waals surface area contributed by atoms with Gasteiger partial charge in [-0.1, -0.05) is 26.1 Å². The van der Waals surface area contributed by atoms with Crippen LogP contribution in [-0.4, -0.2) is 22.5 Å². The van der Waals surface area contributed by atoms with E-state index < -0.39 is 0 Å². The van der Waals surface area contributed by atoms with Crippen molar-refractivity contribution in [3.8, 4) is 0 Å². The van der Waals surface area contributed by atoms with Crippen LogP contribution in [0.3, 0.4) is 0 Å². The summed E-state index contributed by atoms with van der Waals surface area (Å²) in [6.45, 7) is 8.10.